The molecule has 1 aliphatic rings. The summed E-state index contributed by atoms with van der Waals surface area (Å²) < 4.78 is 34.2. The van der Waals surface area contributed by atoms with Crippen LogP contribution in [0.4, 0.5) is 5.69 Å². The molecule has 11 heteroatoms. The fraction of sp³-hybridized carbons (Fsp3) is 0.192. The summed E-state index contributed by atoms with van der Waals surface area (Å²) in [6, 6.07) is 20.2. The zero-order chi connectivity index (χ0) is 26.0. The Hall–Kier alpha value is -3.57. The van der Waals surface area contributed by atoms with Crippen LogP contribution in [0, 0.1) is 0 Å². The first-order chi connectivity index (χ1) is 17.8. The lowest BCUT2D eigenvalue weighted by atomic mass is 10.2. The van der Waals surface area contributed by atoms with Crippen molar-refractivity contribution in [2.24, 2.45) is 10.2 Å². The average molecular weight is 539 g/mol. The Bertz CT molecular complexity index is 1590. The van der Waals surface area contributed by atoms with Crippen molar-refractivity contribution in [1.82, 2.24) is 8.87 Å². The summed E-state index contributed by atoms with van der Waals surface area (Å²) in [5, 5.41) is 20.1. The molecule has 1 aromatic heterocycles. The lowest BCUT2D eigenvalue weighted by molar-refractivity contribution is 0.0730. The largest absolute Gasteiger partial charge is 0.493 e. The molecule has 190 valence electrons. The number of ether oxygens (including phenoxy) is 1. The molecular weight excluding hydrogens is 516 g/mol. The van der Waals surface area contributed by atoms with Crippen LogP contribution < -0.4 is 0 Å². The molecule has 0 atom stereocenters. The van der Waals surface area contributed by atoms with Gasteiger partial charge in [0, 0.05) is 29.1 Å². The van der Waals surface area contributed by atoms with E-state index in [2.05, 4.69) is 10.2 Å². The van der Waals surface area contributed by atoms with Crippen LogP contribution in [-0.4, -0.2) is 54.6 Å². The second kappa shape index (κ2) is 10.4. The number of morpholine rings is 1. The van der Waals surface area contributed by atoms with Crippen molar-refractivity contribution in [3.05, 3.63) is 88.9 Å². The lowest BCUT2D eigenvalue weighted by Gasteiger charge is -2.26. The quantitative estimate of drug-likeness (QED) is 0.347. The maximum atomic E-state index is 13.0. The first-order valence-electron chi connectivity index (χ1n) is 11.5. The van der Waals surface area contributed by atoms with Crippen LogP contribution in [0.1, 0.15) is 15.9 Å². The van der Waals surface area contributed by atoms with Gasteiger partial charge in [-0.2, -0.15) is 4.31 Å². The maximum Gasteiger partial charge on any atom is 0.295 e. The number of amides is 1. The van der Waals surface area contributed by atoms with E-state index in [0.29, 0.717) is 30.2 Å². The second-order valence-corrected chi connectivity index (χ2v) is 10.8. The molecule has 3 aromatic carbocycles. The molecule has 5 rings (SSSR count). The molecule has 0 radical (unpaired) electrons. The van der Waals surface area contributed by atoms with Gasteiger partial charge in [0.25, 0.3) is 5.91 Å². The molecule has 1 aliphatic heterocycles. The van der Waals surface area contributed by atoms with E-state index < -0.39 is 15.9 Å². The lowest BCUT2D eigenvalue weighted by Crippen LogP contribution is -2.40. The zero-order valence-electron chi connectivity index (χ0n) is 19.6. The first kappa shape index (κ1) is 25.1. The molecule has 0 saturated carbocycles. The van der Waals surface area contributed by atoms with Crippen LogP contribution >= 0.6 is 11.6 Å². The number of azo groups is 1. The van der Waals surface area contributed by atoms with Gasteiger partial charge in [0.1, 0.15) is 0 Å². The maximum absolute atomic E-state index is 13.0. The summed E-state index contributed by atoms with van der Waals surface area (Å²) in [6.45, 7) is 1.50. The van der Waals surface area contributed by atoms with Gasteiger partial charge in [-0.1, -0.05) is 48.0 Å². The third kappa shape index (κ3) is 5.14. The SMILES string of the molecule is O=C(N=Nc1c(O)n(Cc2ccc(Cl)cc2)c2ccccc12)c1cccc(S(=O)(=O)N2CCOCC2)c1. The van der Waals surface area contributed by atoms with E-state index in [-0.39, 0.29) is 35.1 Å². The van der Waals surface area contributed by atoms with Crippen LogP contribution in [0.3, 0.4) is 0 Å². The third-order valence-corrected chi connectivity index (χ3v) is 8.25. The molecule has 1 fully saturated rings. The highest BCUT2D eigenvalue weighted by Crippen LogP contribution is 2.39. The molecule has 4 aromatic rings. The summed E-state index contributed by atoms with van der Waals surface area (Å²) >= 11 is 5.98. The summed E-state index contributed by atoms with van der Waals surface area (Å²) in [5.74, 6) is -0.871. The number of aromatic nitrogens is 1. The van der Waals surface area contributed by atoms with E-state index in [0.717, 1.165) is 11.1 Å². The number of aromatic hydroxyl groups is 1. The van der Waals surface area contributed by atoms with Gasteiger partial charge in [-0.15, -0.1) is 10.2 Å². The van der Waals surface area contributed by atoms with E-state index in [1.165, 1.54) is 28.6 Å². The van der Waals surface area contributed by atoms with Crippen LogP contribution in [0.2, 0.25) is 5.02 Å². The molecule has 1 saturated heterocycles. The van der Waals surface area contributed by atoms with Crippen molar-refractivity contribution in [3.8, 4) is 5.88 Å². The fourth-order valence-electron chi connectivity index (χ4n) is 4.18. The summed E-state index contributed by atoms with van der Waals surface area (Å²) in [6.07, 6.45) is 0. The van der Waals surface area contributed by atoms with E-state index in [1.54, 1.807) is 28.8 Å². The molecule has 0 bridgehead atoms. The average Bonchev–Trinajstić information content (AvgIpc) is 3.19. The predicted octanol–water partition coefficient (Wildman–Crippen LogP) is 4.99. The third-order valence-electron chi connectivity index (χ3n) is 6.10. The van der Waals surface area contributed by atoms with E-state index in [9.17, 15) is 18.3 Å². The van der Waals surface area contributed by atoms with Gasteiger partial charge >= 0.3 is 0 Å². The van der Waals surface area contributed by atoms with Crippen LogP contribution in [0.15, 0.2) is 87.9 Å². The Morgan fingerprint density at radius 1 is 1.00 bits per heavy atom. The Balaban J connectivity index is 1.44. The normalized spacial score (nSPS) is 14.9. The van der Waals surface area contributed by atoms with Gasteiger partial charge in [-0.25, -0.2) is 8.42 Å². The Morgan fingerprint density at radius 2 is 1.73 bits per heavy atom. The number of benzene rings is 3. The molecule has 0 aliphatic carbocycles. The number of fused-ring (bicyclic) bond motifs is 1. The van der Waals surface area contributed by atoms with Crippen LogP contribution in [0.5, 0.6) is 5.88 Å². The predicted molar refractivity (Wildman–Crippen MR) is 139 cm³/mol. The number of hydrogen-bond donors (Lipinski definition) is 1. The molecule has 0 unspecified atom stereocenters. The fourth-order valence-corrected chi connectivity index (χ4v) is 5.76. The molecule has 1 amide bonds. The highest BCUT2D eigenvalue weighted by atomic mass is 35.5. The number of rotatable bonds is 6. The number of hydrogen-bond acceptors (Lipinski definition) is 6. The van der Waals surface area contributed by atoms with Crippen molar-refractivity contribution < 1.29 is 23.1 Å². The molecule has 37 heavy (non-hydrogen) atoms. The number of halogens is 1. The summed E-state index contributed by atoms with van der Waals surface area (Å²) in [5.41, 5.74) is 1.85. The molecular formula is C26H23ClN4O5S. The van der Waals surface area contributed by atoms with Crippen molar-refractivity contribution in [2.45, 2.75) is 11.4 Å². The minimum absolute atomic E-state index is 0.00198. The Labute approximate surface area is 218 Å². The van der Waals surface area contributed by atoms with Gasteiger partial charge in [-0.05, 0) is 42.0 Å². The number of carbonyl (C=O) groups excluding carboxylic acids is 1. The van der Waals surface area contributed by atoms with Gasteiger partial charge in [-0.3, -0.25) is 4.79 Å². The van der Waals surface area contributed by atoms with Crippen molar-refractivity contribution in [3.63, 3.8) is 0 Å². The highest BCUT2D eigenvalue weighted by Gasteiger charge is 2.27. The molecule has 1 N–H and O–H groups in total. The smallest absolute Gasteiger partial charge is 0.295 e. The number of sulfonamides is 1. The monoisotopic (exact) mass is 538 g/mol. The summed E-state index contributed by atoms with van der Waals surface area (Å²) in [7, 11) is -3.77. The van der Waals surface area contributed by atoms with Gasteiger partial charge in [0.15, 0.2) is 5.69 Å². The van der Waals surface area contributed by atoms with E-state index >= 15 is 0 Å². The van der Waals surface area contributed by atoms with Gasteiger partial charge in [0.2, 0.25) is 15.9 Å². The first-order valence-corrected chi connectivity index (χ1v) is 13.3. The summed E-state index contributed by atoms with van der Waals surface area (Å²) in [4.78, 5) is 12.9. The minimum Gasteiger partial charge on any atom is -0.493 e. The molecule has 0 spiro atoms. The highest BCUT2D eigenvalue weighted by molar-refractivity contribution is 7.89. The van der Waals surface area contributed by atoms with Gasteiger partial charge in [0.05, 0.1) is 30.2 Å². The van der Waals surface area contributed by atoms with E-state index in [4.69, 9.17) is 16.3 Å². The topological polar surface area (TPSA) is 114 Å². The number of para-hydroxylation sites is 1. The van der Waals surface area contributed by atoms with E-state index in [1.807, 2.05) is 24.3 Å². The Morgan fingerprint density at radius 3 is 2.49 bits per heavy atom. The second-order valence-electron chi connectivity index (χ2n) is 8.45. The Kier molecular flexibility index (Phi) is 7.07. The molecule has 9 nitrogen and oxygen atoms in total. The van der Waals surface area contributed by atoms with Gasteiger partial charge < -0.3 is 14.4 Å². The zero-order valence-corrected chi connectivity index (χ0v) is 21.2. The van der Waals surface area contributed by atoms with Crippen LogP contribution in [0.25, 0.3) is 10.9 Å². The van der Waals surface area contributed by atoms with Crippen molar-refractivity contribution in [2.75, 3.05) is 26.3 Å². The molecule has 2 heterocycles. The van der Waals surface area contributed by atoms with Crippen molar-refractivity contribution in [1.29, 1.82) is 0 Å². The number of carbonyl (C=O) groups is 1. The standard InChI is InChI=1S/C26H23ClN4O5S/c27-20-10-8-18(9-11-20)17-31-23-7-2-1-6-22(23)24(26(31)33)28-29-25(32)19-4-3-5-21(16-19)37(34,35)30-12-14-36-15-13-30/h1-11,16,33H,12-15,17H2. The van der Waals surface area contributed by atoms with Crippen LogP contribution in [-0.2, 0) is 21.3 Å². The minimum atomic E-state index is -3.77. The van der Waals surface area contributed by atoms with Crippen molar-refractivity contribution >= 4 is 44.1 Å². The number of nitrogens with zero attached hydrogens (tertiary/aromatic N) is 4.